The lowest BCUT2D eigenvalue weighted by molar-refractivity contribution is -0.137. The van der Waals surface area contributed by atoms with Crippen LogP contribution in [0.2, 0.25) is 0 Å². The highest BCUT2D eigenvalue weighted by Gasteiger charge is 2.32. The summed E-state index contributed by atoms with van der Waals surface area (Å²) < 4.78 is 41.8. The number of carbonyl (C=O) groups is 1. The van der Waals surface area contributed by atoms with Crippen molar-refractivity contribution in [1.29, 1.82) is 0 Å². The summed E-state index contributed by atoms with van der Waals surface area (Å²) in [6.07, 6.45) is -1.00. The molecule has 0 aliphatic carbocycles. The summed E-state index contributed by atoms with van der Waals surface area (Å²) in [5, 5.41) is 10.9. The maximum absolute atomic E-state index is 13.5. The Balaban J connectivity index is 1.74. The predicted octanol–water partition coefficient (Wildman–Crippen LogP) is 4.29. The van der Waals surface area contributed by atoms with E-state index < -0.39 is 23.7 Å². The number of alkyl halides is 3. The Bertz CT molecular complexity index is 1350. The lowest BCUT2D eigenvalue weighted by Crippen LogP contribution is -2.31. The minimum Gasteiger partial charge on any atom is -0.362 e. The quantitative estimate of drug-likeness (QED) is 0.541. The van der Waals surface area contributed by atoms with Crippen molar-refractivity contribution < 1.29 is 18.0 Å². The Kier molecular flexibility index (Phi) is 7.03. The summed E-state index contributed by atoms with van der Waals surface area (Å²) in [4.78, 5) is 31.0. The fourth-order valence-electron chi connectivity index (χ4n) is 4.63. The van der Waals surface area contributed by atoms with Gasteiger partial charge >= 0.3 is 6.18 Å². The maximum atomic E-state index is 13.5. The molecule has 192 valence electrons. The summed E-state index contributed by atoms with van der Waals surface area (Å²) >= 11 is 0. The highest BCUT2D eigenvalue weighted by atomic mass is 19.4. The van der Waals surface area contributed by atoms with Crippen LogP contribution in [0.25, 0.3) is 10.8 Å². The molecule has 0 bridgehead atoms. The van der Waals surface area contributed by atoms with Crippen LogP contribution in [0.5, 0.6) is 0 Å². The number of nitrogens with zero attached hydrogens (tertiary/aromatic N) is 4. The van der Waals surface area contributed by atoms with Crippen LogP contribution in [0.4, 0.5) is 24.7 Å². The first-order chi connectivity index (χ1) is 16.9. The number of halogens is 3. The molecule has 1 saturated heterocycles. The van der Waals surface area contributed by atoms with E-state index in [1.54, 1.807) is 13.1 Å². The smallest absolute Gasteiger partial charge is 0.362 e. The molecule has 1 amide bonds. The van der Waals surface area contributed by atoms with Gasteiger partial charge in [0.25, 0.3) is 5.56 Å². The number of likely N-dealkylation sites (tertiary alicyclic amines) is 1. The lowest BCUT2D eigenvalue weighted by atomic mass is 9.94. The van der Waals surface area contributed by atoms with Gasteiger partial charge in [-0.05, 0) is 63.2 Å². The van der Waals surface area contributed by atoms with Gasteiger partial charge in [-0.2, -0.15) is 18.3 Å². The second-order valence-electron chi connectivity index (χ2n) is 9.42. The molecule has 11 heteroatoms. The van der Waals surface area contributed by atoms with Crippen LogP contribution in [-0.4, -0.2) is 45.7 Å². The first-order valence-corrected chi connectivity index (χ1v) is 11.7. The van der Waals surface area contributed by atoms with E-state index in [2.05, 4.69) is 32.7 Å². The minimum atomic E-state index is -4.59. The van der Waals surface area contributed by atoms with E-state index >= 15 is 0 Å². The number of amides is 1. The zero-order valence-electron chi connectivity index (χ0n) is 20.6. The lowest BCUT2D eigenvalue weighted by Gasteiger charge is -2.29. The van der Waals surface area contributed by atoms with Crippen molar-refractivity contribution in [2.75, 3.05) is 30.8 Å². The number of aromatic nitrogens is 3. The first kappa shape index (κ1) is 25.6. The molecule has 1 fully saturated rings. The molecular weight excluding hydrogens is 473 g/mol. The van der Waals surface area contributed by atoms with Crippen molar-refractivity contribution in [2.45, 2.75) is 44.8 Å². The van der Waals surface area contributed by atoms with Gasteiger partial charge in [0.15, 0.2) is 5.82 Å². The third-order valence-corrected chi connectivity index (χ3v) is 6.45. The third-order valence-electron chi connectivity index (χ3n) is 6.45. The number of pyridine rings is 1. The Hall–Kier alpha value is -3.47. The molecule has 1 aliphatic heterocycles. The average Bonchev–Trinajstić information content (AvgIpc) is 2.81. The Morgan fingerprint density at radius 2 is 1.92 bits per heavy atom. The standard InChI is InChI=1S/C25H29F3N6O2/c1-14(17-8-18(25(26,27)28)10-19(9-17)31-15(2)35)30-23-20-11-22(16-6-5-7-33(3)13-16)29-12-21(20)24(36)34(4)32-23/h8-12,14,16H,5-7,13H2,1-4H3,(H,30,32)(H,31,35). The molecule has 36 heavy (non-hydrogen) atoms. The predicted molar refractivity (Wildman–Crippen MR) is 132 cm³/mol. The van der Waals surface area contributed by atoms with E-state index in [9.17, 15) is 22.8 Å². The second-order valence-corrected chi connectivity index (χ2v) is 9.42. The monoisotopic (exact) mass is 502 g/mol. The summed E-state index contributed by atoms with van der Waals surface area (Å²) in [6.45, 7) is 4.81. The number of aryl methyl sites for hydroxylation is 1. The topological polar surface area (TPSA) is 92.2 Å². The fraction of sp³-hybridized carbons (Fsp3) is 0.440. The van der Waals surface area contributed by atoms with Gasteiger partial charge in [0.05, 0.1) is 17.0 Å². The fourth-order valence-corrected chi connectivity index (χ4v) is 4.63. The molecule has 1 aromatic carbocycles. The van der Waals surface area contributed by atoms with Crippen LogP contribution < -0.4 is 16.2 Å². The number of anilines is 2. The number of hydrogen-bond donors (Lipinski definition) is 2. The molecule has 2 unspecified atom stereocenters. The Morgan fingerprint density at radius 1 is 1.17 bits per heavy atom. The van der Waals surface area contributed by atoms with Crippen LogP contribution in [0, 0.1) is 0 Å². The van der Waals surface area contributed by atoms with Crippen LogP contribution >= 0.6 is 0 Å². The number of benzene rings is 1. The van der Waals surface area contributed by atoms with Gasteiger partial charge in [-0.1, -0.05) is 0 Å². The Morgan fingerprint density at radius 3 is 2.58 bits per heavy atom. The molecule has 0 radical (unpaired) electrons. The molecule has 2 atom stereocenters. The van der Waals surface area contributed by atoms with Gasteiger partial charge < -0.3 is 15.5 Å². The molecular formula is C25H29F3N6O2. The number of rotatable bonds is 5. The molecule has 1 aliphatic rings. The van der Waals surface area contributed by atoms with Crippen LogP contribution in [0.15, 0.2) is 35.3 Å². The summed E-state index contributed by atoms with van der Waals surface area (Å²) in [5.41, 5.74) is 0.0261. The molecule has 0 spiro atoms. The van der Waals surface area contributed by atoms with Gasteiger partial charge in [-0.3, -0.25) is 14.6 Å². The van der Waals surface area contributed by atoms with Crippen molar-refractivity contribution in [1.82, 2.24) is 19.7 Å². The van der Waals surface area contributed by atoms with E-state index in [0.29, 0.717) is 22.2 Å². The SMILES string of the molecule is CC(=O)Nc1cc(C(C)Nc2nn(C)c(=O)c3cnc(C4CCCN(C)C4)cc23)cc(C(F)(F)F)c1. The molecule has 3 aromatic rings. The highest BCUT2D eigenvalue weighted by Crippen LogP contribution is 2.35. The maximum Gasteiger partial charge on any atom is 0.416 e. The van der Waals surface area contributed by atoms with Gasteiger partial charge in [0.2, 0.25) is 5.91 Å². The minimum absolute atomic E-state index is 0.0483. The van der Waals surface area contributed by atoms with Crippen LogP contribution in [0.3, 0.4) is 0 Å². The van der Waals surface area contributed by atoms with Gasteiger partial charge in [-0.15, -0.1) is 0 Å². The number of nitrogens with one attached hydrogen (secondary N) is 2. The molecule has 8 nitrogen and oxygen atoms in total. The van der Waals surface area contributed by atoms with Crippen molar-refractivity contribution in [3.05, 3.63) is 57.6 Å². The van der Waals surface area contributed by atoms with E-state index in [1.807, 2.05) is 6.07 Å². The summed E-state index contributed by atoms with van der Waals surface area (Å²) in [5.74, 6) is 0.108. The number of fused-ring (bicyclic) bond motifs is 1. The highest BCUT2D eigenvalue weighted by molar-refractivity contribution is 5.91. The van der Waals surface area contributed by atoms with Crippen molar-refractivity contribution in [2.24, 2.45) is 7.05 Å². The number of hydrogen-bond acceptors (Lipinski definition) is 6. The van der Waals surface area contributed by atoms with Crippen molar-refractivity contribution in [3.8, 4) is 0 Å². The van der Waals surface area contributed by atoms with E-state index in [-0.39, 0.29) is 17.2 Å². The number of likely N-dealkylation sites (N-methyl/N-ethyl adjacent to an activating group) is 1. The number of carbonyl (C=O) groups excluding carboxylic acids is 1. The molecule has 0 saturated carbocycles. The molecule has 4 rings (SSSR count). The van der Waals surface area contributed by atoms with Gasteiger partial charge in [-0.25, -0.2) is 4.68 Å². The zero-order chi connectivity index (χ0) is 26.2. The second kappa shape index (κ2) is 9.88. The van der Waals surface area contributed by atoms with Gasteiger partial charge in [0, 0.05) is 49.4 Å². The van der Waals surface area contributed by atoms with E-state index in [4.69, 9.17) is 0 Å². The average molecular weight is 503 g/mol. The Labute approximate surface area is 206 Å². The van der Waals surface area contributed by atoms with Crippen molar-refractivity contribution in [3.63, 3.8) is 0 Å². The molecule has 2 N–H and O–H groups in total. The van der Waals surface area contributed by atoms with E-state index in [1.165, 1.54) is 24.7 Å². The van der Waals surface area contributed by atoms with E-state index in [0.717, 1.165) is 43.8 Å². The van der Waals surface area contributed by atoms with Crippen LogP contribution in [-0.2, 0) is 18.0 Å². The summed E-state index contributed by atoms with van der Waals surface area (Å²) in [7, 11) is 3.57. The van der Waals surface area contributed by atoms with Crippen LogP contribution in [0.1, 0.15) is 55.5 Å². The normalized spacial score (nSPS) is 17.7. The molecule has 3 heterocycles. The number of piperidine rings is 1. The molecule has 2 aromatic heterocycles. The third kappa shape index (κ3) is 5.51. The van der Waals surface area contributed by atoms with Gasteiger partial charge in [0.1, 0.15) is 0 Å². The zero-order valence-corrected chi connectivity index (χ0v) is 20.6. The van der Waals surface area contributed by atoms with Crippen molar-refractivity contribution >= 4 is 28.2 Å². The summed E-state index contributed by atoms with van der Waals surface area (Å²) in [6, 6.07) is 4.67. The largest absolute Gasteiger partial charge is 0.416 e. The first-order valence-electron chi connectivity index (χ1n) is 11.7.